The van der Waals surface area contributed by atoms with Crippen molar-refractivity contribution >= 4 is 12.1 Å². The van der Waals surface area contributed by atoms with Gasteiger partial charge in [-0.05, 0) is 37.5 Å². The lowest BCUT2D eigenvalue weighted by Gasteiger charge is -2.23. The Morgan fingerprint density at radius 2 is 2.17 bits per heavy atom. The van der Waals surface area contributed by atoms with Gasteiger partial charge in [-0.1, -0.05) is 0 Å². The molecule has 2 saturated carbocycles. The molecule has 3 N–H and O–H groups in total. The van der Waals surface area contributed by atoms with E-state index < -0.39 is 5.60 Å². The molecular weight excluding hydrogens is 308 g/mol. The SMILES string of the molecule is Cn1nc(C2CC3CC(O)(Cc4ncco4)CC3C2)c(C=O)c1N. The summed E-state index contributed by atoms with van der Waals surface area (Å²) in [5.41, 5.74) is 6.53. The lowest BCUT2D eigenvalue weighted by atomic mass is 9.90. The lowest BCUT2D eigenvalue weighted by Crippen LogP contribution is -2.29. The van der Waals surface area contributed by atoms with Crippen molar-refractivity contribution in [2.75, 3.05) is 5.73 Å². The van der Waals surface area contributed by atoms with Gasteiger partial charge in [0.2, 0.25) is 0 Å². The van der Waals surface area contributed by atoms with Crippen molar-refractivity contribution in [3.05, 3.63) is 29.6 Å². The number of aldehydes is 1. The van der Waals surface area contributed by atoms with Gasteiger partial charge in [0, 0.05) is 13.0 Å². The highest BCUT2D eigenvalue weighted by atomic mass is 16.3. The number of nitrogens with zero attached hydrogens (tertiary/aromatic N) is 3. The van der Waals surface area contributed by atoms with Crippen molar-refractivity contribution in [2.45, 2.75) is 43.6 Å². The molecule has 0 aromatic carbocycles. The molecule has 4 rings (SSSR count). The minimum absolute atomic E-state index is 0.245. The molecule has 2 aromatic rings. The average molecular weight is 330 g/mol. The number of anilines is 1. The molecule has 0 spiro atoms. The van der Waals surface area contributed by atoms with Crippen LogP contribution in [0.15, 0.2) is 16.9 Å². The maximum Gasteiger partial charge on any atom is 0.196 e. The van der Waals surface area contributed by atoms with Crippen LogP contribution in [0, 0.1) is 11.8 Å². The number of nitrogen functional groups attached to an aromatic ring is 1. The van der Waals surface area contributed by atoms with Gasteiger partial charge in [-0.2, -0.15) is 5.10 Å². The summed E-state index contributed by atoms with van der Waals surface area (Å²) in [5, 5.41) is 15.3. The smallest absolute Gasteiger partial charge is 0.196 e. The Morgan fingerprint density at radius 1 is 1.46 bits per heavy atom. The predicted octanol–water partition coefficient (Wildman–Crippen LogP) is 1.68. The predicted molar refractivity (Wildman–Crippen MR) is 86.4 cm³/mol. The van der Waals surface area contributed by atoms with Gasteiger partial charge in [0.05, 0.1) is 29.5 Å². The van der Waals surface area contributed by atoms with Gasteiger partial charge in [0.1, 0.15) is 12.1 Å². The number of hydrogen-bond acceptors (Lipinski definition) is 6. The molecule has 128 valence electrons. The van der Waals surface area contributed by atoms with Crippen molar-refractivity contribution < 1.29 is 14.3 Å². The first-order valence-electron chi connectivity index (χ1n) is 8.37. The van der Waals surface area contributed by atoms with Gasteiger partial charge in [0.15, 0.2) is 12.2 Å². The summed E-state index contributed by atoms with van der Waals surface area (Å²) in [5.74, 6) is 2.15. The molecule has 0 bridgehead atoms. The molecule has 0 saturated heterocycles. The van der Waals surface area contributed by atoms with Crippen molar-refractivity contribution in [1.82, 2.24) is 14.8 Å². The number of fused-ring (bicyclic) bond motifs is 1. The Morgan fingerprint density at radius 3 is 2.75 bits per heavy atom. The number of oxazole rings is 1. The highest BCUT2D eigenvalue weighted by molar-refractivity contribution is 5.83. The molecule has 7 heteroatoms. The van der Waals surface area contributed by atoms with Crippen LogP contribution in [-0.4, -0.2) is 31.8 Å². The highest BCUT2D eigenvalue weighted by Gasteiger charge is 2.50. The van der Waals surface area contributed by atoms with Crippen LogP contribution in [-0.2, 0) is 13.5 Å². The topological polar surface area (TPSA) is 107 Å². The molecule has 7 nitrogen and oxygen atoms in total. The first kappa shape index (κ1) is 15.4. The molecule has 24 heavy (non-hydrogen) atoms. The Bertz CT molecular complexity index is 738. The van der Waals surface area contributed by atoms with Gasteiger partial charge >= 0.3 is 0 Å². The largest absolute Gasteiger partial charge is 0.449 e. The molecule has 0 aliphatic heterocycles. The van der Waals surface area contributed by atoms with Crippen molar-refractivity contribution in [3.63, 3.8) is 0 Å². The summed E-state index contributed by atoms with van der Waals surface area (Å²) in [6.07, 6.45) is 7.79. The number of aliphatic hydroxyl groups is 1. The van der Waals surface area contributed by atoms with Crippen molar-refractivity contribution in [1.29, 1.82) is 0 Å². The second kappa shape index (κ2) is 5.44. The number of carbonyl (C=O) groups excluding carboxylic acids is 1. The van der Waals surface area contributed by atoms with E-state index in [2.05, 4.69) is 10.1 Å². The van der Waals surface area contributed by atoms with Crippen LogP contribution in [0.3, 0.4) is 0 Å². The van der Waals surface area contributed by atoms with Gasteiger partial charge in [-0.25, -0.2) is 4.98 Å². The van der Waals surface area contributed by atoms with Crippen LogP contribution in [0.25, 0.3) is 0 Å². The van der Waals surface area contributed by atoms with Gasteiger partial charge < -0.3 is 15.3 Å². The fourth-order valence-corrected chi connectivity index (χ4v) is 4.76. The third kappa shape index (κ3) is 2.43. The minimum Gasteiger partial charge on any atom is -0.449 e. The summed E-state index contributed by atoms with van der Waals surface area (Å²) in [6, 6.07) is 0. The zero-order valence-electron chi connectivity index (χ0n) is 13.7. The third-order valence-corrected chi connectivity index (χ3v) is 5.75. The molecule has 2 aromatic heterocycles. The molecule has 2 aliphatic rings. The van der Waals surface area contributed by atoms with E-state index >= 15 is 0 Å². The minimum atomic E-state index is -0.734. The molecule has 2 fully saturated rings. The van der Waals surface area contributed by atoms with E-state index in [0.717, 1.165) is 37.7 Å². The fraction of sp³-hybridized carbons (Fsp3) is 0.588. The average Bonchev–Trinajstić information content (AvgIpc) is 3.25. The van der Waals surface area contributed by atoms with E-state index in [4.69, 9.17) is 10.2 Å². The normalized spacial score (nSPS) is 32.2. The van der Waals surface area contributed by atoms with E-state index in [1.54, 1.807) is 17.9 Å². The Kier molecular flexibility index (Phi) is 3.49. The van der Waals surface area contributed by atoms with Crippen LogP contribution in [0.1, 0.15) is 53.5 Å². The molecule has 2 heterocycles. The zero-order valence-corrected chi connectivity index (χ0v) is 13.7. The summed E-state index contributed by atoms with van der Waals surface area (Å²) < 4.78 is 6.86. The monoisotopic (exact) mass is 330 g/mol. The molecule has 2 unspecified atom stereocenters. The van der Waals surface area contributed by atoms with E-state index in [0.29, 0.717) is 35.5 Å². The van der Waals surface area contributed by atoms with E-state index in [1.807, 2.05) is 0 Å². The molecule has 2 atom stereocenters. The summed E-state index contributed by atoms with van der Waals surface area (Å²) in [7, 11) is 1.76. The molecular formula is C17H22N4O3. The highest BCUT2D eigenvalue weighted by Crippen LogP contribution is 2.54. The Hall–Kier alpha value is -2.15. The quantitative estimate of drug-likeness (QED) is 0.826. The molecule has 0 radical (unpaired) electrons. The molecule has 0 amide bonds. The van der Waals surface area contributed by atoms with Crippen molar-refractivity contribution in [3.8, 4) is 0 Å². The van der Waals surface area contributed by atoms with Gasteiger partial charge in [0.25, 0.3) is 0 Å². The maximum absolute atomic E-state index is 11.4. The zero-order chi connectivity index (χ0) is 16.9. The second-order valence-corrected chi connectivity index (χ2v) is 7.35. The summed E-state index contributed by atoms with van der Waals surface area (Å²) in [4.78, 5) is 15.5. The van der Waals surface area contributed by atoms with Gasteiger partial charge in [-0.15, -0.1) is 0 Å². The number of carbonyl (C=O) groups is 1. The number of nitrogens with two attached hydrogens (primary N) is 1. The third-order valence-electron chi connectivity index (χ3n) is 5.75. The first-order chi connectivity index (χ1) is 11.5. The molecule has 2 aliphatic carbocycles. The standard InChI is InChI=1S/C17H22N4O3/c1-21-16(18)13(9-22)15(20-21)10-4-11-6-17(23,7-12(11)5-10)8-14-19-2-3-24-14/h2-3,9-12,23H,4-8,18H2,1H3. The van der Waals surface area contributed by atoms with Crippen molar-refractivity contribution in [2.24, 2.45) is 18.9 Å². The number of aryl methyl sites for hydroxylation is 1. The fourth-order valence-electron chi connectivity index (χ4n) is 4.76. The van der Waals surface area contributed by atoms with Crippen LogP contribution in [0.5, 0.6) is 0 Å². The Labute approximate surface area is 139 Å². The lowest BCUT2D eigenvalue weighted by molar-refractivity contribution is 0.0324. The Balaban J connectivity index is 1.48. The number of aromatic nitrogens is 3. The second-order valence-electron chi connectivity index (χ2n) is 7.35. The number of hydrogen-bond donors (Lipinski definition) is 2. The maximum atomic E-state index is 11.4. The van der Waals surface area contributed by atoms with E-state index in [-0.39, 0.29) is 5.92 Å². The van der Waals surface area contributed by atoms with Crippen LogP contribution < -0.4 is 5.73 Å². The van der Waals surface area contributed by atoms with Crippen LogP contribution >= 0.6 is 0 Å². The summed E-state index contributed by atoms with van der Waals surface area (Å²) in [6.45, 7) is 0. The van der Waals surface area contributed by atoms with Gasteiger partial charge in [-0.3, -0.25) is 9.48 Å². The first-order valence-corrected chi connectivity index (χ1v) is 8.37. The summed E-state index contributed by atoms with van der Waals surface area (Å²) >= 11 is 0. The van der Waals surface area contributed by atoms with Crippen LogP contribution in [0.2, 0.25) is 0 Å². The number of rotatable bonds is 4. The van der Waals surface area contributed by atoms with Crippen LogP contribution in [0.4, 0.5) is 5.82 Å². The van der Waals surface area contributed by atoms with E-state index in [9.17, 15) is 9.90 Å². The van der Waals surface area contributed by atoms with E-state index in [1.165, 1.54) is 6.26 Å².